The number of hydrogen-bond acceptors (Lipinski definition) is 5. The summed E-state index contributed by atoms with van der Waals surface area (Å²) in [6.45, 7) is 7.80. The van der Waals surface area contributed by atoms with Gasteiger partial charge in [-0.15, -0.1) is 0 Å². The molecule has 0 bridgehead atoms. The normalized spacial score (nSPS) is 18.3. The molecule has 2 amide bonds. The van der Waals surface area contributed by atoms with E-state index in [2.05, 4.69) is 21.6 Å². The second kappa shape index (κ2) is 12.9. The smallest absolute Gasteiger partial charge is 0.336 e. The van der Waals surface area contributed by atoms with Gasteiger partial charge in [-0.05, 0) is 93.0 Å². The number of carbonyl (C=O) groups is 3. The number of nitrogens with zero attached hydrogens (tertiary/aromatic N) is 4. The highest BCUT2D eigenvalue weighted by molar-refractivity contribution is 6.03. The topological polar surface area (TPSA) is 93.4 Å². The van der Waals surface area contributed by atoms with Crippen LogP contribution in [0, 0.1) is 6.92 Å². The zero-order valence-electron chi connectivity index (χ0n) is 30.9. The number of carboxylic acid groups (broad SMARTS) is 1. The summed E-state index contributed by atoms with van der Waals surface area (Å²) in [4.78, 5) is 46.5. The van der Waals surface area contributed by atoms with Gasteiger partial charge in [0.2, 0.25) is 5.36 Å². The van der Waals surface area contributed by atoms with Gasteiger partial charge in [0.05, 0.1) is 11.1 Å². The lowest BCUT2D eigenvalue weighted by molar-refractivity contribution is 0.0535. The summed E-state index contributed by atoms with van der Waals surface area (Å²) in [5.74, 6) is 0.426. The van der Waals surface area contributed by atoms with Gasteiger partial charge < -0.3 is 24.5 Å². The summed E-state index contributed by atoms with van der Waals surface area (Å²) < 4.78 is 9.68. The first-order valence-corrected chi connectivity index (χ1v) is 19.8. The van der Waals surface area contributed by atoms with Gasteiger partial charge in [-0.3, -0.25) is 9.59 Å². The van der Waals surface area contributed by atoms with Crippen LogP contribution < -0.4 is 24.8 Å². The van der Waals surface area contributed by atoms with Crippen LogP contribution in [0.3, 0.4) is 0 Å². The van der Waals surface area contributed by atoms with E-state index in [1.165, 1.54) is 33.3 Å². The summed E-state index contributed by atoms with van der Waals surface area (Å²) in [5.41, 5.74) is 11.1. The Balaban J connectivity index is 1.08. The Kier molecular flexibility index (Phi) is 7.89. The SMILES string of the molecule is Cc1ccc(C(=O)N2CCN(C(=O)c3ccc(C4=c5cc6c7c(c5Oc5c4cc4c8c5CCCN8CCC4)CCC[N+]=7CCC6)c(C(=O)O)c3)CC2)cc1. The molecule has 0 saturated carbocycles. The van der Waals surface area contributed by atoms with Crippen molar-refractivity contribution in [3.05, 3.63) is 121 Å². The van der Waals surface area contributed by atoms with Crippen LogP contribution in [0.2, 0.25) is 0 Å². The van der Waals surface area contributed by atoms with Crippen LogP contribution in [0.1, 0.15) is 95.7 Å². The van der Waals surface area contributed by atoms with E-state index in [0.717, 1.165) is 111 Å². The second-order valence-electron chi connectivity index (χ2n) is 15.9. The summed E-state index contributed by atoms with van der Waals surface area (Å²) in [6, 6.07) is 17.3. The van der Waals surface area contributed by atoms with Crippen molar-refractivity contribution in [1.29, 1.82) is 0 Å². The third-order valence-electron chi connectivity index (χ3n) is 12.6. The minimum atomic E-state index is -1.06. The van der Waals surface area contributed by atoms with Crippen LogP contribution in [0.15, 0.2) is 54.6 Å². The highest BCUT2D eigenvalue weighted by atomic mass is 16.5. The number of ether oxygens (including phenoxy) is 1. The fourth-order valence-electron chi connectivity index (χ4n) is 10.0. The molecule has 6 heterocycles. The van der Waals surface area contributed by atoms with Crippen molar-refractivity contribution in [2.24, 2.45) is 0 Å². The average molecular weight is 722 g/mol. The van der Waals surface area contributed by atoms with E-state index in [1.54, 1.807) is 21.9 Å². The number of aryl methyl sites for hydroxylation is 3. The minimum absolute atomic E-state index is 0.0418. The first kappa shape index (κ1) is 33.2. The van der Waals surface area contributed by atoms with Gasteiger partial charge in [-0.1, -0.05) is 23.8 Å². The maximum atomic E-state index is 14.0. The average Bonchev–Trinajstić information content (AvgIpc) is 3.20. The number of amides is 2. The molecule has 1 N–H and O–H groups in total. The van der Waals surface area contributed by atoms with Gasteiger partial charge in [0.15, 0.2) is 0 Å². The maximum absolute atomic E-state index is 14.0. The van der Waals surface area contributed by atoms with Crippen LogP contribution in [-0.2, 0) is 25.7 Å². The Bertz CT molecular complexity index is 2420. The van der Waals surface area contributed by atoms with Gasteiger partial charge in [0.1, 0.15) is 24.6 Å². The van der Waals surface area contributed by atoms with Crippen molar-refractivity contribution >= 4 is 29.0 Å². The first-order valence-electron chi connectivity index (χ1n) is 19.8. The summed E-state index contributed by atoms with van der Waals surface area (Å²) in [5, 5.41) is 13.2. The molecule has 9 heteroatoms. The summed E-state index contributed by atoms with van der Waals surface area (Å²) in [7, 11) is 0. The lowest BCUT2D eigenvalue weighted by Crippen LogP contribution is -2.50. The van der Waals surface area contributed by atoms with Crippen LogP contribution in [0.5, 0.6) is 11.5 Å². The Morgan fingerprint density at radius 1 is 0.667 bits per heavy atom. The van der Waals surface area contributed by atoms with Crippen LogP contribution in [0.4, 0.5) is 5.69 Å². The van der Waals surface area contributed by atoms with Gasteiger partial charge in [-0.25, -0.2) is 9.37 Å². The highest BCUT2D eigenvalue weighted by Gasteiger charge is 2.37. The Morgan fingerprint density at radius 2 is 1.31 bits per heavy atom. The predicted octanol–water partition coefficient (Wildman–Crippen LogP) is 4.73. The van der Waals surface area contributed by atoms with Gasteiger partial charge in [0, 0.05) is 96.4 Å². The third kappa shape index (κ3) is 5.26. The Hall–Kier alpha value is -5.44. The summed E-state index contributed by atoms with van der Waals surface area (Å²) in [6.07, 6.45) is 8.14. The second-order valence-corrected chi connectivity index (χ2v) is 15.9. The molecule has 10 rings (SSSR count). The van der Waals surface area contributed by atoms with Crippen molar-refractivity contribution in [1.82, 2.24) is 14.4 Å². The van der Waals surface area contributed by atoms with Gasteiger partial charge in [-0.2, -0.15) is 0 Å². The molecule has 0 radical (unpaired) electrons. The van der Waals surface area contributed by atoms with Crippen molar-refractivity contribution in [3.8, 4) is 11.5 Å². The summed E-state index contributed by atoms with van der Waals surface area (Å²) >= 11 is 0. The number of anilines is 1. The number of rotatable bonds is 4. The van der Waals surface area contributed by atoms with Crippen LogP contribution >= 0.6 is 0 Å². The molecule has 0 aliphatic carbocycles. The molecule has 54 heavy (non-hydrogen) atoms. The standard InChI is InChI=1S/C45H44N4O5/c1-27-10-12-28(13-11-27)43(50)48-20-22-49(23-21-48)44(51)31-14-15-32(35(26-31)45(52)53)38-36-24-29-6-2-16-46-18-4-8-33(39(29)46)41(36)54-42-34-9-5-19-47-17-3-7-30(40(34)47)25-37(38)42/h10-15,24-26H,2-9,16-23H2,1H3/p+1. The largest absolute Gasteiger partial charge is 0.478 e. The fraction of sp³-hybridized carbons (Fsp3) is 0.378. The molecule has 1 fully saturated rings. The molecule has 0 aromatic heterocycles. The van der Waals surface area contributed by atoms with Crippen molar-refractivity contribution in [3.63, 3.8) is 0 Å². The highest BCUT2D eigenvalue weighted by Crippen LogP contribution is 2.49. The number of piperazine rings is 1. The molecule has 0 unspecified atom stereocenters. The van der Waals surface area contributed by atoms with E-state index in [0.29, 0.717) is 42.9 Å². The fourth-order valence-corrected chi connectivity index (χ4v) is 10.0. The zero-order chi connectivity index (χ0) is 36.7. The van der Waals surface area contributed by atoms with E-state index in [9.17, 15) is 19.5 Å². The van der Waals surface area contributed by atoms with E-state index < -0.39 is 5.97 Å². The minimum Gasteiger partial charge on any atom is -0.478 e. The zero-order valence-corrected chi connectivity index (χ0v) is 30.9. The van der Waals surface area contributed by atoms with E-state index in [4.69, 9.17) is 4.74 Å². The molecule has 4 aromatic rings. The van der Waals surface area contributed by atoms with Crippen molar-refractivity contribution in [2.75, 3.05) is 57.3 Å². The van der Waals surface area contributed by atoms with Crippen LogP contribution in [-0.4, -0.2) is 85.0 Å². The third-order valence-corrected chi connectivity index (χ3v) is 12.6. The maximum Gasteiger partial charge on any atom is 0.336 e. The number of carboxylic acids is 1. The number of benzene rings is 4. The Morgan fingerprint density at radius 3 is 2.06 bits per heavy atom. The monoisotopic (exact) mass is 721 g/mol. The predicted molar refractivity (Wildman–Crippen MR) is 207 cm³/mol. The molecular weight excluding hydrogens is 677 g/mol. The number of fused-ring (bicyclic) bond motifs is 4. The van der Waals surface area contributed by atoms with Crippen LogP contribution in [0.25, 0.3) is 5.57 Å². The molecular formula is C45H45N4O5+. The Labute approximate surface area is 314 Å². The van der Waals surface area contributed by atoms with Gasteiger partial charge >= 0.3 is 5.97 Å². The number of hydrogen-bond donors (Lipinski definition) is 1. The molecule has 9 nitrogen and oxygen atoms in total. The van der Waals surface area contributed by atoms with Gasteiger partial charge in [0.25, 0.3) is 11.8 Å². The molecule has 274 valence electrons. The van der Waals surface area contributed by atoms with Crippen molar-refractivity contribution in [2.45, 2.75) is 58.3 Å². The van der Waals surface area contributed by atoms with E-state index in [1.807, 2.05) is 37.3 Å². The quantitative estimate of drug-likeness (QED) is 0.270. The van der Waals surface area contributed by atoms with E-state index >= 15 is 0 Å². The molecule has 6 aliphatic rings. The van der Waals surface area contributed by atoms with Crippen molar-refractivity contribution < 1.29 is 24.2 Å². The molecule has 4 aromatic carbocycles. The molecule has 1 saturated heterocycles. The van der Waals surface area contributed by atoms with E-state index in [-0.39, 0.29) is 17.4 Å². The molecule has 0 atom stereocenters. The molecule has 0 spiro atoms. The number of aromatic carboxylic acids is 1. The lowest BCUT2D eigenvalue weighted by atomic mass is 9.81. The molecule has 6 aliphatic heterocycles. The first-order chi connectivity index (χ1) is 26.3. The lowest BCUT2D eigenvalue weighted by Gasteiger charge is -2.39. The number of carbonyl (C=O) groups excluding carboxylic acids is 2.